The Morgan fingerprint density at radius 1 is 0.905 bits per heavy atom. The second-order valence-corrected chi connectivity index (χ2v) is 8.61. The van der Waals surface area contributed by atoms with Crippen molar-refractivity contribution in [2.45, 2.75) is 83.1 Å². The maximum absolute atomic E-state index is 3.54. The van der Waals surface area contributed by atoms with Crippen LogP contribution in [-0.2, 0) is 10.8 Å². The summed E-state index contributed by atoms with van der Waals surface area (Å²) >= 11 is 0. The highest BCUT2D eigenvalue weighted by Crippen LogP contribution is 2.49. The lowest BCUT2D eigenvalue weighted by Crippen LogP contribution is -2.35. The van der Waals surface area contributed by atoms with Gasteiger partial charge >= 0.3 is 0 Å². The molecular weight excluding hydrogens is 254 g/mol. The molecule has 1 heteroatoms. The minimum absolute atomic E-state index is 0.318. The van der Waals surface area contributed by atoms with Crippen LogP contribution >= 0.6 is 0 Å². The second-order valence-electron chi connectivity index (χ2n) is 8.61. The van der Waals surface area contributed by atoms with Crippen molar-refractivity contribution in [2.75, 3.05) is 7.05 Å². The summed E-state index contributed by atoms with van der Waals surface area (Å²) < 4.78 is 0. The van der Waals surface area contributed by atoms with Crippen LogP contribution in [0.5, 0.6) is 0 Å². The molecule has 0 bridgehead atoms. The molecule has 0 fully saturated rings. The Morgan fingerprint density at radius 3 is 1.95 bits per heavy atom. The molecule has 0 aliphatic heterocycles. The van der Waals surface area contributed by atoms with E-state index in [0.717, 1.165) is 0 Å². The molecule has 1 aromatic rings. The molecule has 0 aromatic heterocycles. The molecule has 3 rings (SSSR count). The van der Waals surface area contributed by atoms with E-state index in [1.54, 1.807) is 22.3 Å². The van der Waals surface area contributed by atoms with Gasteiger partial charge in [0, 0.05) is 6.04 Å². The SMILES string of the molecule is CNC1CCC(C)c2cc3c(cc21)C(C)(C)CCC3(C)C. The Labute approximate surface area is 130 Å². The molecule has 0 spiro atoms. The first-order valence-electron chi connectivity index (χ1n) is 8.62. The van der Waals surface area contributed by atoms with E-state index in [1.165, 1.54) is 25.7 Å². The molecule has 2 atom stereocenters. The van der Waals surface area contributed by atoms with E-state index in [9.17, 15) is 0 Å². The van der Waals surface area contributed by atoms with Gasteiger partial charge in [-0.25, -0.2) is 0 Å². The summed E-state index contributed by atoms with van der Waals surface area (Å²) in [5, 5.41) is 3.54. The van der Waals surface area contributed by atoms with Crippen molar-refractivity contribution in [2.24, 2.45) is 0 Å². The third-order valence-electron chi connectivity index (χ3n) is 6.20. The molecule has 0 saturated carbocycles. The molecule has 1 N–H and O–H groups in total. The average molecular weight is 285 g/mol. The first-order valence-corrected chi connectivity index (χ1v) is 8.62. The van der Waals surface area contributed by atoms with Gasteiger partial charge in [0.15, 0.2) is 0 Å². The topological polar surface area (TPSA) is 12.0 Å². The summed E-state index contributed by atoms with van der Waals surface area (Å²) in [4.78, 5) is 0. The predicted molar refractivity (Wildman–Crippen MR) is 91.2 cm³/mol. The van der Waals surface area contributed by atoms with Crippen molar-refractivity contribution in [3.05, 3.63) is 34.4 Å². The maximum Gasteiger partial charge on any atom is 0.0320 e. The molecule has 2 aliphatic carbocycles. The lowest BCUT2D eigenvalue weighted by Gasteiger charge is -2.44. The van der Waals surface area contributed by atoms with Gasteiger partial charge in [-0.3, -0.25) is 0 Å². The summed E-state index contributed by atoms with van der Waals surface area (Å²) in [6.07, 6.45) is 5.18. The van der Waals surface area contributed by atoms with Crippen molar-refractivity contribution in [3.63, 3.8) is 0 Å². The van der Waals surface area contributed by atoms with Crippen LogP contribution in [0.3, 0.4) is 0 Å². The molecule has 2 aliphatic rings. The molecule has 1 nitrogen and oxygen atoms in total. The minimum Gasteiger partial charge on any atom is -0.313 e. The summed E-state index contributed by atoms with van der Waals surface area (Å²) in [5.74, 6) is 0.704. The van der Waals surface area contributed by atoms with Gasteiger partial charge in [0.2, 0.25) is 0 Å². The number of hydrogen-bond acceptors (Lipinski definition) is 1. The van der Waals surface area contributed by atoms with Gasteiger partial charge in [-0.15, -0.1) is 0 Å². The summed E-state index contributed by atoms with van der Waals surface area (Å²) in [7, 11) is 2.11. The average Bonchev–Trinajstić information content (AvgIpc) is 2.44. The van der Waals surface area contributed by atoms with Crippen molar-refractivity contribution in [3.8, 4) is 0 Å². The van der Waals surface area contributed by atoms with Crippen molar-refractivity contribution >= 4 is 0 Å². The van der Waals surface area contributed by atoms with Gasteiger partial charge in [0.1, 0.15) is 0 Å². The van der Waals surface area contributed by atoms with Gasteiger partial charge in [0.25, 0.3) is 0 Å². The number of nitrogens with one attached hydrogen (secondary N) is 1. The van der Waals surface area contributed by atoms with Crippen LogP contribution in [0.4, 0.5) is 0 Å². The molecule has 0 saturated heterocycles. The molecule has 0 heterocycles. The largest absolute Gasteiger partial charge is 0.313 e. The van der Waals surface area contributed by atoms with E-state index in [-0.39, 0.29) is 0 Å². The van der Waals surface area contributed by atoms with Crippen LogP contribution in [0.1, 0.15) is 94.5 Å². The second kappa shape index (κ2) is 4.84. The Hall–Kier alpha value is -0.820. The van der Waals surface area contributed by atoms with Gasteiger partial charge in [-0.05, 0) is 71.7 Å². The number of hydrogen-bond donors (Lipinski definition) is 1. The lowest BCUT2D eigenvalue weighted by atomic mass is 9.61. The van der Waals surface area contributed by atoms with Gasteiger partial charge in [-0.1, -0.05) is 46.8 Å². The predicted octanol–water partition coefficient (Wildman–Crippen LogP) is 5.19. The van der Waals surface area contributed by atoms with Gasteiger partial charge < -0.3 is 5.32 Å². The van der Waals surface area contributed by atoms with E-state index in [1.807, 2.05) is 0 Å². The maximum atomic E-state index is 3.54. The van der Waals surface area contributed by atoms with Crippen LogP contribution in [-0.4, -0.2) is 7.05 Å². The van der Waals surface area contributed by atoms with E-state index < -0.39 is 0 Å². The van der Waals surface area contributed by atoms with Gasteiger partial charge in [0.05, 0.1) is 0 Å². The van der Waals surface area contributed by atoms with Gasteiger partial charge in [-0.2, -0.15) is 0 Å². The van der Waals surface area contributed by atoms with E-state index in [4.69, 9.17) is 0 Å². The fourth-order valence-corrected chi connectivity index (χ4v) is 4.40. The zero-order valence-corrected chi connectivity index (χ0v) is 14.6. The molecule has 0 amide bonds. The van der Waals surface area contributed by atoms with Crippen molar-refractivity contribution in [1.29, 1.82) is 0 Å². The molecule has 116 valence electrons. The fraction of sp³-hybridized carbons (Fsp3) is 0.700. The Bertz CT molecular complexity index is 553. The van der Waals surface area contributed by atoms with E-state index in [2.05, 4.69) is 59.1 Å². The highest BCUT2D eigenvalue weighted by Gasteiger charge is 2.39. The van der Waals surface area contributed by atoms with Crippen LogP contribution in [0.25, 0.3) is 0 Å². The molecule has 0 radical (unpaired) electrons. The highest BCUT2D eigenvalue weighted by molar-refractivity contribution is 5.50. The smallest absolute Gasteiger partial charge is 0.0320 e. The van der Waals surface area contributed by atoms with Crippen LogP contribution in [0, 0.1) is 0 Å². The summed E-state index contributed by atoms with van der Waals surface area (Å²) in [6, 6.07) is 5.67. The van der Waals surface area contributed by atoms with E-state index in [0.29, 0.717) is 22.8 Å². The molecule has 2 unspecified atom stereocenters. The van der Waals surface area contributed by atoms with E-state index >= 15 is 0 Å². The third kappa shape index (κ3) is 2.34. The van der Waals surface area contributed by atoms with Crippen LogP contribution in [0.2, 0.25) is 0 Å². The summed E-state index contributed by atoms with van der Waals surface area (Å²) in [5.41, 5.74) is 7.03. The van der Waals surface area contributed by atoms with Crippen LogP contribution < -0.4 is 5.32 Å². The summed E-state index contributed by atoms with van der Waals surface area (Å²) in [6.45, 7) is 12.1. The normalized spacial score (nSPS) is 29.6. The zero-order valence-electron chi connectivity index (χ0n) is 14.6. The lowest BCUT2D eigenvalue weighted by molar-refractivity contribution is 0.329. The Morgan fingerprint density at radius 2 is 1.43 bits per heavy atom. The van der Waals surface area contributed by atoms with Crippen LogP contribution in [0.15, 0.2) is 12.1 Å². The Balaban J connectivity index is 2.23. The first kappa shape index (κ1) is 15.1. The van der Waals surface area contributed by atoms with Crippen molar-refractivity contribution < 1.29 is 0 Å². The fourth-order valence-electron chi connectivity index (χ4n) is 4.40. The molecule has 1 aromatic carbocycles. The molecular formula is C20H31N. The third-order valence-corrected chi connectivity index (χ3v) is 6.20. The highest BCUT2D eigenvalue weighted by atomic mass is 14.9. The van der Waals surface area contributed by atoms with Crippen molar-refractivity contribution in [1.82, 2.24) is 5.32 Å². The standard InChI is InChI=1S/C20H31N/c1-13-7-8-18(21-6)15-12-17-16(11-14(13)15)19(2,3)9-10-20(17,4)5/h11-13,18,21H,7-10H2,1-6H3. The quantitative estimate of drug-likeness (QED) is 0.748. The minimum atomic E-state index is 0.318. The number of fused-ring (bicyclic) bond motifs is 2. The number of rotatable bonds is 1. The monoisotopic (exact) mass is 285 g/mol. The zero-order chi connectivity index (χ0) is 15.4. The Kier molecular flexibility index (Phi) is 3.48. The molecule has 21 heavy (non-hydrogen) atoms. The first-order chi connectivity index (χ1) is 9.76. The number of benzene rings is 1.